The van der Waals surface area contributed by atoms with Crippen molar-refractivity contribution < 1.29 is 57.2 Å². The maximum Gasteiger partial charge on any atom is 0.253 e. The molecule has 0 spiro atoms. The molecule has 2 aromatic carbocycles. The summed E-state index contributed by atoms with van der Waals surface area (Å²) in [5, 5.41) is 27.4. The van der Waals surface area contributed by atoms with Crippen LogP contribution in [0.4, 0.5) is 14.5 Å². The van der Waals surface area contributed by atoms with Gasteiger partial charge < -0.3 is 35.2 Å². The molecule has 8 rings (SSSR count). The van der Waals surface area contributed by atoms with E-state index < -0.39 is 113 Å². The first-order valence-corrected chi connectivity index (χ1v) is 22.4. The molecule has 12 atom stereocenters. The number of likely N-dealkylation sites (N-methyl/N-ethyl adjacent to an activating group) is 1. The van der Waals surface area contributed by atoms with Crippen LogP contribution in [0.25, 0.3) is 0 Å². The lowest BCUT2D eigenvalue weighted by molar-refractivity contribution is -0.235. The van der Waals surface area contributed by atoms with Crippen LogP contribution in [0, 0.1) is 22.7 Å². The van der Waals surface area contributed by atoms with E-state index in [2.05, 4.69) is 17.2 Å². The zero-order chi connectivity index (χ0) is 47.7. The molecule has 6 aliphatic rings. The van der Waals surface area contributed by atoms with Crippen molar-refractivity contribution in [3.8, 4) is 0 Å². The van der Waals surface area contributed by atoms with Crippen molar-refractivity contribution in [2.75, 3.05) is 25.1 Å². The molecule has 2 aromatic rings. The first-order valence-electron chi connectivity index (χ1n) is 22.4. The monoisotopic (exact) mass is 910 g/mol. The number of carbonyl (C=O) groups excluding carboxylic acids is 6. The first kappa shape index (κ1) is 46.8. The SMILES string of the molecule is C=C1C=C[C@@]2(C)C(=C1)[C@@H](F)C[C@H]1[C@@H]3C[C@H]4O[C@@H](c5ccc(Cc6cccc(N(C)C(=O)[C@H](C)NC(=O)[C@H](C)NC(=O)CCN7C(=O)C=CC7=O)c6)cc5)O[C@@]4(C(=O)CO)[C@@]3(C)C[C@H](O)[C@@]12F. The average molecular weight is 911 g/mol. The summed E-state index contributed by atoms with van der Waals surface area (Å²) in [6, 6.07) is 12.8. The molecule has 66 heavy (non-hydrogen) atoms. The minimum absolute atomic E-state index is 0.131. The second-order valence-electron chi connectivity index (χ2n) is 19.1. The summed E-state index contributed by atoms with van der Waals surface area (Å²) in [6.45, 7) is 9.30. The van der Waals surface area contributed by atoms with Gasteiger partial charge in [-0.25, -0.2) is 8.78 Å². The highest BCUT2D eigenvalue weighted by Crippen LogP contribution is 2.72. The minimum Gasteiger partial charge on any atom is -0.390 e. The molecular weight excluding hydrogens is 855 g/mol. The molecule has 4 fully saturated rings. The fourth-order valence-corrected chi connectivity index (χ4v) is 11.8. The Balaban J connectivity index is 0.900. The number of halogens is 2. The molecule has 4 aliphatic carbocycles. The number of anilines is 1. The lowest BCUT2D eigenvalue weighted by atomic mass is 9.44. The van der Waals surface area contributed by atoms with Gasteiger partial charge in [0.2, 0.25) is 17.7 Å². The fraction of sp³-hybridized carbons (Fsp3) is 0.480. The topological polar surface area (TPSA) is 192 Å². The Morgan fingerprint density at radius 3 is 2.35 bits per heavy atom. The summed E-state index contributed by atoms with van der Waals surface area (Å²) in [4.78, 5) is 78.6. The van der Waals surface area contributed by atoms with Crippen molar-refractivity contribution in [1.29, 1.82) is 0 Å². The quantitative estimate of drug-likeness (QED) is 0.212. The summed E-state index contributed by atoms with van der Waals surface area (Å²) >= 11 is 0. The number of ether oxygens (including phenoxy) is 2. The van der Waals surface area contributed by atoms with Crippen molar-refractivity contribution in [3.63, 3.8) is 0 Å². The van der Waals surface area contributed by atoms with Gasteiger partial charge in [0.1, 0.15) is 24.9 Å². The van der Waals surface area contributed by atoms with Crippen molar-refractivity contribution in [3.05, 3.63) is 113 Å². The molecule has 4 N–H and O–H groups in total. The fourth-order valence-electron chi connectivity index (χ4n) is 11.8. The third-order valence-electron chi connectivity index (χ3n) is 15.3. The zero-order valence-corrected chi connectivity index (χ0v) is 37.6. The largest absolute Gasteiger partial charge is 0.390 e. The minimum atomic E-state index is -2.25. The van der Waals surface area contributed by atoms with Gasteiger partial charge in [-0.1, -0.05) is 68.1 Å². The Bertz CT molecular complexity index is 2460. The van der Waals surface area contributed by atoms with E-state index in [1.54, 1.807) is 45.2 Å². The summed E-state index contributed by atoms with van der Waals surface area (Å²) in [5.74, 6) is -4.80. The zero-order valence-electron chi connectivity index (χ0n) is 37.6. The summed E-state index contributed by atoms with van der Waals surface area (Å²) in [6.07, 6.45) is 2.17. The third-order valence-corrected chi connectivity index (χ3v) is 15.3. The molecule has 5 amide bonds. The van der Waals surface area contributed by atoms with Crippen LogP contribution in [0.1, 0.15) is 76.4 Å². The molecule has 1 saturated heterocycles. The van der Waals surface area contributed by atoms with Crippen molar-refractivity contribution in [1.82, 2.24) is 15.5 Å². The number of Topliss-reactive ketones (excluding diaryl/α,β-unsaturated/α-hetero) is 1. The van der Waals surface area contributed by atoms with Gasteiger partial charge in [-0.15, -0.1) is 0 Å². The number of rotatable bonds is 13. The Labute approximate surface area is 381 Å². The van der Waals surface area contributed by atoms with Gasteiger partial charge in [0.25, 0.3) is 11.8 Å². The number of imide groups is 1. The van der Waals surface area contributed by atoms with Gasteiger partial charge in [-0.2, -0.15) is 0 Å². The Kier molecular flexibility index (Phi) is 12.2. The molecule has 0 unspecified atom stereocenters. The number of ketones is 1. The van der Waals surface area contributed by atoms with Gasteiger partial charge >= 0.3 is 0 Å². The van der Waals surface area contributed by atoms with Crippen LogP contribution in [0.3, 0.4) is 0 Å². The number of allylic oxidation sites excluding steroid dienone is 5. The van der Waals surface area contributed by atoms with Crippen molar-refractivity contribution in [2.24, 2.45) is 22.7 Å². The van der Waals surface area contributed by atoms with Gasteiger partial charge in [-0.05, 0) is 86.8 Å². The number of nitrogens with zero attached hydrogens (tertiary/aromatic N) is 2. The average Bonchev–Trinajstić information content (AvgIpc) is 3.91. The van der Waals surface area contributed by atoms with E-state index in [9.17, 15) is 39.0 Å². The van der Waals surface area contributed by atoms with Gasteiger partial charge in [0.15, 0.2) is 23.3 Å². The maximum absolute atomic E-state index is 17.8. The molecule has 2 aliphatic heterocycles. The Morgan fingerprint density at radius 1 is 0.970 bits per heavy atom. The summed E-state index contributed by atoms with van der Waals surface area (Å²) in [5.41, 5.74) is -2.87. The smallest absolute Gasteiger partial charge is 0.253 e. The molecule has 14 nitrogen and oxygen atoms in total. The van der Waals surface area contributed by atoms with E-state index in [1.165, 1.54) is 18.7 Å². The lowest BCUT2D eigenvalue weighted by Crippen LogP contribution is -2.70. The number of aliphatic hydroxyl groups excluding tert-OH is 2. The number of nitrogens with one attached hydrogen (secondary N) is 2. The second kappa shape index (κ2) is 17.2. The number of hydrogen-bond acceptors (Lipinski definition) is 10. The second-order valence-corrected chi connectivity index (χ2v) is 19.1. The first-order chi connectivity index (χ1) is 31.2. The van der Waals surface area contributed by atoms with Crippen LogP contribution in [0.5, 0.6) is 0 Å². The predicted octanol–water partition coefficient (Wildman–Crippen LogP) is 4.19. The van der Waals surface area contributed by atoms with Gasteiger partial charge in [0.05, 0.1) is 12.2 Å². The van der Waals surface area contributed by atoms with E-state index in [0.717, 1.165) is 28.2 Å². The van der Waals surface area contributed by atoms with E-state index in [4.69, 9.17) is 9.47 Å². The molecule has 0 aromatic heterocycles. The molecule has 350 valence electrons. The molecular formula is C50H56F2N4O10. The predicted molar refractivity (Wildman–Crippen MR) is 236 cm³/mol. The highest BCUT2D eigenvalue weighted by Gasteiger charge is 2.80. The Hall–Kier alpha value is -5.68. The van der Waals surface area contributed by atoms with E-state index in [-0.39, 0.29) is 37.8 Å². The molecule has 0 radical (unpaired) electrons. The highest BCUT2D eigenvalue weighted by atomic mass is 19.1. The summed E-state index contributed by atoms with van der Waals surface area (Å²) in [7, 11) is 1.59. The Morgan fingerprint density at radius 2 is 1.67 bits per heavy atom. The lowest BCUT2D eigenvalue weighted by Gasteiger charge is -2.63. The maximum atomic E-state index is 17.8. The third kappa shape index (κ3) is 7.46. The van der Waals surface area contributed by atoms with Crippen LogP contribution >= 0.6 is 0 Å². The number of aliphatic hydroxyl groups is 2. The van der Waals surface area contributed by atoms with Crippen LogP contribution in [0.15, 0.2) is 96.6 Å². The number of benzene rings is 2. The van der Waals surface area contributed by atoms with Crippen molar-refractivity contribution in [2.45, 2.75) is 108 Å². The van der Waals surface area contributed by atoms with Crippen LogP contribution in [-0.2, 0) is 44.7 Å². The number of amides is 5. The van der Waals surface area contributed by atoms with Gasteiger partial charge in [0, 0.05) is 60.2 Å². The molecule has 16 heteroatoms. The van der Waals surface area contributed by atoms with Crippen LogP contribution in [-0.4, -0.2) is 112 Å². The normalized spacial score (nSPS) is 33.9. The standard InChI is InChI=1S/C50H56F2N4O10/c1-27-16-18-47(4)36(20-27)37(51)23-35-34-24-40-50(39(59)26-57,48(34,5)25-38(58)49(35,47)52)66-46(65-40)32-12-10-30(11-13-32)21-31-8-7-9-33(22-31)55(6)45(64)29(3)54-44(63)28(2)53-41(60)17-19-56-42(61)14-15-43(56)62/h7-16,18,20,22,28-29,34-35,37-38,40,46,57-58H,1,17,19,21,23-26H2,2-6H3,(H,53,60)(H,54,63)/t28-,29-,34-,35-,37-,38-,40+,46+,47-,48-,49-,50+/m0/s1. The molecule has 3 saturated carbocycles. The highest BCUT2D eigenvalue weighted by molar-refractivity contribution is 6.13. The molecule has 0 bridgehead atoms. The van der Waals surface area contributed by atoms with Gasteiger partial charge in [-0.3, -0.25) is 33.7 Å². The van der Waals surface area contributed by atoms with Crippen LogP contribution in [0.2, 0.25) is 0 Å². The van der Waals surface area contributed by atoms with E-state index in [0.29, 0.717) is 23.2 Å². The summed E-state index contributed by atoms with van der Waals surface area (Å²) < 4.78 is 47.1. The molecule has 2 heterocycles. The number of alkyl halides is 2. The van der Waals surface area contributed by atoms with E-state index >= 15 is 8.78 Å². The van der Waals surface area contributed by atoms with E-state index in [1.807, 2.05) is 42.5 Å². The number of fused-ring (bicyclic) bond motifs is 7. The van der Waals surface area contributed by atoms with Crippen LogP contribution < -0.4 is 15.5 Å². The van der Waals surface area contributed by atoms with Crippen molar-refractivity contribution >= 4 is 41.0 Å². The number of hydrogen-bond donors (Lipinski definition) is 4. The number of carbonyl (C=O) groups is 6.